The summed E-state index contributed by atoms with van der Waals surface area (Å²) in [6.45, 7) is 2.63. The van der Waals surface area contributed by atoms with Crippen molar-refractivity contribution in [3.63, 3.8) is 0 Å². The van der Waals surface area contributed by atoms with Crippen LogP contribution in [0.2, 0.25) is 0 Å². The number of aryl methyl sites for hydroxylation is 1. The van der Waals surface area contributed by atoms with Crippen LogP contribution < -0.4 is 10.2 Å². The number of rotatable bonds is 5. The molecule has 1 heterocycles. The Kier molecular flexibility index (Phi) is 7.39. The molecule has 0 saturated carbocycles. The third-order valence-corrected chi connectivity index (χ3v) is 6.13. The Morgan fingerprint density at radius 2 is 1.42 bits per heavy atom. The van der Waals surface area contributed by atoms with Crippen LogP contribution in [-0.2, 0) is 18.9 Å². The summed E-state index contributed by atoms with van der Waals surface area (Å²) in [6, 6.07) is 13.1. The number of carbonyl (C=O) groups is 2. The topological polar surface area (TPSA) is 52.6 Å². The number of hydrogen-bond acceptors (Lipinski definition) is 2. The Morgan fingerprint density at radius 1 is 0.842 bits per heavy atom. The highest BCUT2D eigenvalue weighted by atomic mass is 19.4. The second-order valence-electron chi connectivity index (χ2n) is 8.95. The van der Waals surface area contributed by atoms with Crippen molar-refractivity contribution >= 4 is 23.3 Å². The number of nitrogens with one attached hydrogen (secondary N) is 1. The fourth-order valence-corrected chi connectivity index (χ4v) is 4.16. The molecule has 0 atom stereocenters. The number of benzene rings is 3. The highest BCUT2D eigenvalue weighted by Gasteiger charge is 2.32. The first-order valence-corrected chi connectivity index (χ1v) is 11.6. The summed E-state index contributed by atoms with van der Waals surface area (Å²) < 4.78 is 77.2. The molecule has 3 amide bonds. The molecule has 1 saturated heterocycles. The first kappa shape index (κ1) is 27.0. The van der Waals surface area contributed by atoms with Crippen LogP contribution >= 0.6 is 0 Å². The van der Waals surface area contributed by atoms with E-state index in [0.717, 1.165) is 42.0 Å². The van der Waals surface area contributed by atoms with Gasteiger partial charge in [0, 0.05) is 25.2 Å². The lowest BCUT2D eigenvalue weighted by atomic mass is 10.1. The highest BCUT2D eigenvalue weighted by Crippen LogP contribution is 2.33. The minimum absolute atomic E-state index is 0.0133. The minimum Gasteiger partial charge on any atom is -0.320 e. The van der Waals surface area contributed by atoms with Gasteiger partial charge in [-0.2, -0.15) is 26.3 Å². The maximum atomic E-state index is 13.3. The van der Waals surface area contributed by atoms with Gasteiger partial charge in [0.1, 0.15) is 0 Å². The quantitative estimate of drug-likeness (QED) is 0.354. The number of nitrogens with zero attached hydrogens (tertiary/aromatic N) is 2. The molecule has 0 spiro atoms. The van der Waals surface area contributed by atoms with Gasteiger partial charge in [-0.15, -0.1) is 0 Å². The summed E-state index contributed by atoms with van der Waals surface area (Å²) >= 11 is 0. The van der Waals surface area contributed by atoms with Crippen molar-refractivity contribution in [2.24, 2.45) is 0 Å². The van der Waals surface area contributed by atoms with Crippen LogP contribution in [0.5, 0.6) is 0 Å². The smallest absolute Gasteiger partial charge is 0.320 e. The van der Waals surface area contributed by atoms with Gasteiger partial charge < -0.3 is 10.2 Å². The Morgan fingerprint density at radius 3 is 2.00 bits per heavy atom. The van der Waals surface area contributed by atoms with Crippen molar-refractivity contribution in [1.82, 2.24) is 4.90 Å². The van der Waals surface area contributed by atoms with Gasteiger partial charge >= 0.3 is 18.4 Å². The molecule has 1 N–H and O–H groups in total. The van der Waals surface area contributed by atoms with E-state index in [9.17, 15) is 35.9 Å². The maximum absolute atomic E-state index is 13.3. The predicted molar refractivity (Wildman–Crippen MR) is 130 cm³/mol. The summed E-state index contributed by atoms with van der Waals surface area (Å²) in [4.78, 5) is 29.1. The lowest BCUT2D eigenvalue weighted by molar-refractivity contribution is -0.138. The van der Waals surface area contributed by atoms with E-state index in [-0.39, 0.29) is 18.1 Å². The Labute approximate surface area is 214 Å². The van der Waals surface area contributed by atoms with Crippen LogP contribution in [-0.4, -0.2) is 29.9 Å². The van der Waals surface area contributed by atoms with Gasteiger partial charge in [-0.05, 0) is 73.0 Å². The molecule has 4 rings (SSSR count). The minimum atomic E-state index is -4.53. The van der Waals surface area contributed by atoms with Crippen molar-refractivity contribution in [2.45, 2.75) is 32.2 Å². The van der Waals surface area contributed by atoms with Crippen molar-refractivity contribution in [2.75, 3.05) is 23.3 Å². The standard InChI is InChI=1S/C27H23F6N3O2/c1-17-3-12-23(22(15-17)34-24(37)19-6-10-21(11-7-19)27(31,32)33)36-14-2-13-35(25(36)38)16-18-4-8-20(9-5-18)26(28,29)30/h3-12,15H,2,13-14,16H2,1H3,(H,34,37). The van der Waals surface area contributed by atoms with Gasteiger partial charge in [-0.25, -0.2) is 4.79 Å². The average molecular weight is 535 g/mol. The second-order valence-corrected chi connectivity index (χ2v) is 8.95. The van der Waals surface area contributed by atoms with E-state index in [1.165, 1.54) is 21.9 Å². The number of halogens is 6. The Balaban J connectivity index is 1.53. The normalized spacial score (nSPS) is 14.6. The van der Waals surface area contributed by atoms with Crippen molar-refractivity contribution < 1.29 is 35.9 Å². The van der Waals surface area contributed by atoms with Crippen LogP contribution in [0, 0.1) is 6.92 Å². The van der Waals surface area contributed by atoms with E-state index in [0.29, 0.717) is 36.4 Å². The number of urea groups is 1. The molecule has 0 radical (unpaired) electrons. The lowest BCUT2D eigenvalue weighted by Gasteiger charge is -2.36. The van der Waals surface area contributed by atoms with Crippen LogP contribution in [0.25, 0.3) is 0 Å². The second kappa shape index (κ2) is 10.4. The summed E-state index contributed by atoms with van der Waals surface area (Å²) in [7, 11) is 0. The predicted octanol–water partition coefficient (Wildman–Crippen LogP) is 7.12. The third kappa shape index (κ3) is 6.09. The number of amides is 3. The fraction of sp³-hybridized carbons (Fsp3) is 0.259. The molecule has 5 nitrogen and oxygen atoms in total. The Bertz CT molecular complexity index is 1320. The summed E-state index contributed by atoms with van der Waals surface area (Å²) in [5, 5.41) is 2.69. The lowest BCUT2D eigenvalue weighted by Crippen LogP contribution is -2.49. The maximum Gasteiger partial charge on any atom is 0.416 e. The van der Waals surface area contributed by atoms with Crippen LogP contribution in [0.15, 0.2) is 66.7 Å². The molecule has 38 heavy (non-hydrogen) atoms. The molecule has 1 aliphatic heterocycles. The molecule has 0 aliphatic carbocycles. The van der Waals surface area contributed by atoms with Crippen LogP contribution in [0.4, 0.5) is 42.5 Å². The first-order valence-electron chi connectivity index (χ1n) is 11.6. The molecular weight excluding hydrogens is 512 g/mol. The number of anilines is 2. The van der Waals surface area contributed by atoms with E-state index >= 15 is 0 Å². The highest BCUT2D eigenvalue weighted by molar-refractivity contribution is 6.07. The largest absolute Gasteiger partial charge is 0.416 e. The first-order chi connectivity index (χ1) is 17.8. The number of alkyl halides is 6. The number of hydrogen-bond donors (Lipinski definition) is 1. The van der Waals surface area contributed by atoms with Crippen LogP contribution in [0.3, 0.4) is 0 Å². The molecule has 1 aliphatic rings. The van der Waals surface area contributed by atoms with E-state index < -0.39 is 29.4 Å². The molecule has 11 heteroatoms. The zero-order chi connectivity index (χ0) is 27.7. The summed E-state index contributed by atoms with van der Waals surface area (Å²) in [6.07, 6.45) is -8.41. The zero-order valence-electron chi connectivity index (χ0n) is 20.2. The van der Waals surface area contributed by atoms with Gasteiger partial charge in [0.05, 0.1) is 22.5 Å². The molecular formula is C27H23F6N3O2. The van der Waals surface area contributed by atoms with E-state index in [1.54, 1.807) is 25.1 Å². The van der Waals surface area contributed by atoms with Crippen molar-refractivity contribution in [1.29, 1.82) is 0 Å². The van der Waals surface area contributed by atoms with E-state index in [4.69, 9.17) is 0 Å². The summed E-state index contributed by atoms with van der Waals surface area (Å²) in [5.41, 5.74) is 0.380. The zero-order valence-corrected chi connectivity index (χ0v) is 20.2. The van der Waals surface area contributed by atoms with Gasteiger partial charge in [-0.1, -0.05) is 18.2 Å². The van der Waals surface area contributed by atoms with Gasteiger partial charge in [-0.3, -0.25) is 9.69 Å². The molecule has 0 aromatic heterocycles. The fourth-order valence-electron chi connectivity index (χ4n) is 4.16. The van der Waals surface area contributed by atoms with Gasteiger partial charge in [0.2, 0.25) is 0 Å². The monoisotopic (exact) mass is 535 g/mol. The molecule has 0 bridgehead atoms. The van der Waals surface area contributed by atoms with Crippen molar-refractivity contribution in [3.05, 3.63) is 94.5 Å². The molecule has 1 fully saturated rings. The molecule has 0 unspecified atom stereocenters. The average Bonchev–Trinajstić information content (AvgIpc) is 2.85. The molecule has 3 aromatic carbocycles. The van der Waals surface area contributed by atoms with E-state index in [2.05, 4.69) is 5.32 Å². The van der Waals surface area contributed by atoms with Gasteiger partial charge in [0.25, 0.3) is 5.91 Å². The summed E-state index contributed by atoms with van der Waals surface area (Å²) in [5.74, 6) is -0.642. The van der Waals surface area contributed by atoms with Crippen LogP contribution in [0.1, 0.15) is 39.0 Å². The third-order valence-electron chi connectivity index (χ3n) is 6.13. The van der Waals surface area contributed by atoms with Gasteiger partial charge in [0.15, 0.2) is 0 Å². The molecule has 3 aromatic rings. The molecule has 200 valence electrons. The Hall–Kier alpha value is -4.02. The van der Waals surface area contributed by atoms with E-state index in [1.807, 2.05) is 0 Å². The van der Waals surface area contributed by atoms with Crippen molar-refractivity contribution in [3.8, 4) is 0 Å². The SMILES string of the molecule is Cc1ccc(N2CCCN(Cc3ccc(C(F)(F)F)cc3)C2=O)c(NC(=O)c2ccc(C(F)(F)F)cc2)c1. The number of carbonyl (C=O) groups excluding carboxylic acids is 2.